The van der Waals surface area contributed by atoms with E-state index in [2.05, 4.69) is 9.98 Å². The van der Waals surface area contributed by atoms with Crippen molar-refractivity contribution in [2.24, 2.45) is 4.99 Å². The number of carbonyl (C=O) groups excluding carboxylic acids is 1. The van der Waals surface area contributed by atoms with Crippen LogP contribution in [0.5, 0.6) is 0 Å². The normalized spacial score (nSPS) is 15.1. The zero-order valence-corrected chi connectivity index (χ0v) is 8.47. The van der Waals surface area contributed by atoms with Crippen molar-refractivity contribution >= 4 is 12.1 Å². The summed E-state index contributed by atoms with van der Waals surface area (Å²) in [6.45, 7) is 0. The summed E-state index contributed by atoms with van der Waals surface area (Å²) in [6.07, 6.45) is 11.9. The lowest BCUT2D eigenvalue weighted by atomic mass is 10.0. The lowest BCUT2D eigenvalue weighted by Gasteiger charge is -2.07. The molecule has 0 bridgehead atoms. The number of aromatic nitrogens is 2. The van der Waals surface area contributed by atoms with E-state index in [0.29, 0.717) is 6.42 Å². The van der Waals surface area contributed by atoms with E-state index in [-0.39, 0.29) is 5.91 Å². The summed E-state index contributed by atoms with van der Waals surface area (Å²) in [5.41, 5.74) is 1.26. The van der Waals surface area contributed by atoms with Crippen molar-refractivity contribution < 1.29 is 4.79 Å². The van der Waals surface area contributed by atoms with Gasteiger partial charge in [0.2, 0.25) is 5.91 Å². The molecule has 0 aromatic carbocycles. The van der Waals surface area contributed by atoms with Gasteiger partial charge in [-0.15, -0.1) is 0 Å². The van der Waals surface area contributed by atoms with E-state index in [1.807, 2.05) is 12.4 Å². The quantitative estimate of drug-likeness (QED) is 0.754. The van der Waals surface area contributed by atoms with E-state index in [1.165, 1.54) is 16.5 Å². The second kappa shape index (κ2) is 4.68. The predicted molar refractivity (Wildman–Crippen MR) is 57.9 cm³/mol. The minimum Gasteiger partial charge on any atom is -0.276 e. The Kier molecular flexibility index (Phi) is 3.07. The molecule has 15 heavy (non-hydrogen) atoms. The molecule has 2 rings (SSSR count). The number of rotatable bonds is 3. The Bertz CT molecular complexity index is 390. The Morgan fingerprint density at radius 1 is 1.53 bits per heavy atom. The lowest BCUT2D eigenvalue weighted by Crippen LogP contribution is -2.08. The molecule has 1 aliphatic rings. The fourth-order valence-corrected chi connectivity index (χ4v) is 1.54. The van der Waals surface area contributed by atoms with Crippen molar-refractivity contribution in [3.63, 3.8) is 0 Å². The molecule has 0 atom stereocenters. The molecule has 0 spiro atoms. The molecule has 1 aliphatic heterocycles. The summed E-state index contributed by atoms with van der Waals surface area (Å²) < 4.78 is 1.52. The Hall–Kier alpha value is -1.71. The van der Waals surface area contributed by atoms with Gasteiger partial charge in [0.25, 0.3) is 0 Å². The van der Waals surface area contributed by atoms with Crippen LogP contribution in [0.2, 0.25) is 0 Å². The maximum Gasteiger partial charge on any atom is 0.232 e. The summed E-state index contributed by atoms with van der Waals surface area (Å²) in [4.78, 5) is 19.5. The minimum atomic E-state index is 0.0861. The van der Waals surface area contributed by atoms with Crippen molar-refractivity contribution in [2.75, 3.05) is 0 Å². The number of hydrogen-bond donors (Lipinski definition) is 0. The SMILES string of the molecule is O=C(CCC1=CN=CCC1)n1ccnc1. The smallest absolute Gasteiger partial charge is 0.232 e. The van der Waals surface area contributed by atoms with Gasteiger partial charge >= 0.3 is 0 Å². The molecule has 0 saturated heterocycles. The summed E-state index contributed by atoms with van der Waals surface area (Å²) >= 11 is 0. The number of nitrogens with zero attached hydrogens (tertiary/aromatic N) is 3. The maximum atomic E-state index is 11.6. The van der Waals surface area contributed by atoms with E-state index in [0.717, 1.165) is 19.3 Å². The number of carbonyl (C=O) groups is 1. The minimum absolute atomic E-state index is 0.0861. The molecule has 0 unspecified atom stereocenters. The molecule has 1 aromatic heterocycles. The summed E-state index contributed by atoms with van der Waals surface area (Å²) in [5, 5.41) is 0. The average molecular weight is 203 g/mol. The largest absolute Gasteiger partial charge is 0.276 e. The van der Waals surface area contributed by atoms with Crippen LogP contribution in [0, 0.1) is 0 Å². The average Bonchev–Trinajstić information content (AvgIpc) is 2.81. The molecular formula is C11H13N3O. The van der Waals surface area contributed by atoms with Crippen LogP contribution in [-0.2, 0) is 0 Å². The van der Waals surface area contributed by atoms with Gasteiger partial charge in [-0.05, 0) is 19.3 Å². The van der Waals surface area contributed by atoms with Gasteiger partial charge < -0.3 is 0 Å². The Labute approximate surface area is 88.4 Å². The molecule has 78 valence electrons. The van der Waals surface area contributed by atoms with Crippen LogP contribution in [0.1, 0.15) is 30.5 Å². The highest BCUT2D eigenvalue weighted by molar-refractivity contribution is 5.78. The van der Waals surface area contributed by atoms with Gasteiger partial charge in [-0.2, -0.15) is 0 Å². The van der Waals surface area contributed by atoms with E-state index in [9.17, 15) is 4.79 Å². The molecule has 1 aromatic rings. The van der Waals surface area contributed by atoms with E-state index in [4.69, 9.17) is 0 Å². The standard InChI is InChI=1S/C11H13N3O/c15-11(14-7-6-13-9-14)4-3-10-2-1-5-12-8-10/h5-9H,1-4H2. The molecule has 0 aliphatic carbocycles. The first-order chi connectivity index (χ1) is 7.36. The molecule has 0 N–H and O–H groups in total. The molecule has 4 heteroatoms. The van der Waals surface area contributed by atoms with Gasteiger partial charge in [-0.1, -0.05) is 5.57 Å². The van der Waals surface area contributed by atoms with Gasteiger partial charge in [0, 0.05) is 31.2 Å². The zero-order chi connectivity index (χ0) is 10.5. The monoisotopic (exact) mass is 203 g/mol. The van der Waals surface area contributed by atoms with Crippen LogP contribution in [0.15, 0.2) is 35.5 Å². The van der Waals surface area contributed by atoms with Gasteiger partial charge in [0.15, 0.2) is 0 Å². The fourth-order valence-electron chi connectivity index (χ4n) is 1.54. The van der Waals surface area contributed by atoms with Crippen LogP contribution in [0.3, 0.4) is 0 Å². The van der Waals surface area contributed by atoms with Crippen molar-refractivity contribution in [1.82, 2.24) is 9.55 Å². The molecule has 0 amide bonds. The van der Waals surface area contributed by atoms with Crippen molar-refractivity contribution in [3.8, 4) is 0 Å². The zero-order valence-electron chi connectivity index (χ0n) is 8.47. The molecule has 4 nitrogen and oxygen atoms in total. The number of allylic oxidation sites excluding steroid dienone is 1. The first kappa shape index (κ1) is 9.83. The van der Waals surface area contributed by atoms with Crippen molar-refractivity contribution in [1.29, 1.82) is 0 Å². The van der Waals surface area contributed by atoms with E-state index >= 15 is 0 Å². The Morgan fingerprint density at radius 2 is 2.47 bits per heavy atom. The third-order valence-electron chi connectivity index (χ3n) is 2.41. The van der Waals surface area contributed by atoms with Crippen LogP contribution >= 0.6 is 0 Å². The predicted octanol–water partition coefficient (Wildman–Crippen LogP) is 2.05. The topological polar surface area (TPSA) is 47.2 Å². The number of hydrogen-bond acceptors (Lipinski definition) is 3. The molecular weight excluding hydrogens is 190 g/mol. The summed E-state index contributed by atoms with van der Waals surface area (Å²) in [6, 6.07) is 0. The summed E-state index contributed by atoms with van der Waals surface area (Å²) in [5.74, 6) is 0.0861. The second-order valence-electron chi connectivity index (χ2n) is 3.52. The summed E-state index contributed by atoms with van der Waals surface area (Å²) in [7, 11) is 0. The van der Waals surface area contributed by atoms with Crippen LogP contribution in [0.4, 0.5) is 0 Å². The van der Waals surface area contributed by atoms with Gasteiger partial charge in [-0.25, -0.2) is 4.98 Å². The van der Waals surface area contributed by atoms with Gasteiger partial charge in [-0.3, -0.25) is 14.4 Å². The fraction of sp³-hybridized carbons (Fsp3) is 0.364. The molecule has 0 fully saturated rings. The van der Waals surface area contributed by atoms with E-state index < -0.39 is 0 Å². The van der Waals surface area contributed by atoms with Crippen LogP contribution in [0.25, 0.3) is 0 Å². The van der Waals surface area contributed by atoms with Gasteiger partial charge in [0.1, 0.15) is 6.33 Å². The third-order valence-corrected chi connectivity index (χ3v) is 2.41. The molecule has 2 heterocycles. The Morgan fingerprint density at radius 3 is 3.13 bits per heavy atom. The van der Waals surface area contributed by atoms with Gasteiger partial charge in [0.05, 0.1) is 0 Å². The highest BCUT2D eigenvalue weighted by Crippen LogP contribution is 2.15. The maximum absolute atomic E-state index is 11.6. The van der Waals surface area contributed by atoms with Crippen molar-refractivity contribution in [2.45, 2.75) is 25.7 Å². The highest BCUT2D eigenvalue weighted by Gasteiger charge is 2.06. The Balaban J connectivity index is 1.86. The highest BCUT2D eigenvalue weighted by atomic mass is 16.2. The molecule has 0 radical (unpaired) electrons. The van der Waals surface area contributed by atoms with Crippen molar-refractivity contribution in [3.05, 3.63) is 30.5 Å². The number of aliphatic imine (C=N–C) groups is 1. The number of imidazole rings is 1. The van der Waals surface area contributed by atoms with Crippen LogP contribution in [-0.4, -0.2) is 21.7 Å². The van der Waals surface area contributed by atoms with Crippen LogP contribution < -0.4 is 0 Å². The van der Waals surface area contributed by atoms with E-state index in [1.54, 1.807) is 12.4 Å². The second-order valence-corrected chi connectivity index (χ2v) is 3.52. The first-order valence-corrected chi connectivity index (χ1v) is 5.07. The lowest BCUT2D eigenvalue weighted by molar-refractivity contribution is 0.0902. The third kappa shape index (κ3) is 2.62. The molecule has 0 saturated carbocycles. The first-order valence-electron chi connectivity index (χ1n) is 5.07.